The topological polar surface area (TPSA) is 129 Å². The van der Waals surface area contributed by atoms with Crippen LogP contribution < -0.4 is 15.1 Å². The highest BCUT2D eigenvalue weighted by atomic mass is 32.2. The number of likely N-dealkylation sites (N-methyl/N-ethyl adjacent to an activating group) is 1. The summed E-state index contributed by atoms with van der Waals surface area (Å²) in [5.41, 5.74) is 0.799. The highest BCUT2D eigenvalue weighted by Crippen LogP contribution is 2.34. The van der Waals surface area contributed by atoms with Crippen LogP contribution in [0.4, 0.5) is 0 Å². The molecular formula is C32H48N6O6S. The normalized spacial score (nSPS) is 14.7. The lowest BCUT2D eigenvalue weighted by Gasteiger charge is -2.31. The molecule has 1 fully saturated rings. The molecule has 3 heterocycles. The summed E-state index contributed by atoms with van der Waals surface area (Å²) in [7, 11) is -0.246. The molecule has 1 aromatic carbocycles. The number of hydrogen-bond donors (Lipinski definition) is 0. The van der Waals surface area contributed by atoms with Crippen molar-refractivity contribution >= 4 is 27.0 Å². The Kier molecular flexibility index (Phi) is 12.2. The molecule has 0 atom stereocenters. The lowest BCUT2D eigenvalue weighted by atomic mass is 10.1. The summed E-state index contributed by atoms with van der Waals surface area (Å²) in [5.74, 6) is -0.162. The van der Waals surface area contributed by atoms with Gasteiger partial charge < -0.3 is 14.5 Å². The minimum Gasteiger partial charge on any atom is -0.493 e. The van der Waals surface area contributed by atoms with Gasteiger partial charge in [-0.25, -0.2) is 13.2 Å². The molecule has 1 aliphatic rings. The number of benzene rings is 1. The molecule has 4 rings (SSSR count). The van der Waals surface area contributed by atoms with Crippen LogP contribution in [0.2, 0.25) is 0 Å². The maximum absolute atomic E-state index is 13.7. The molecule has 0 saturated carbocycles. The number of rotatable bonds is 16. The largest absolute Gasteiger partial charge is 0.493 e. The fourth-order valence-corrected chi connectivity index (χ4v) is 7.11. The molecule has 1 saturated heterocycles. The second-order valence-corrected chi connectivity index (χ2v) is 13.6. The fraction of sp³-hybridized carbons (Fsp3) is 0.625. The highest BCUT2D eigenvalue weighted by Gasteiger charge is 2.30. The number of piperazine rings is 1. The van der Waals surface area contributed by atoms with Gasteiger partial charge in [0, 0.05) is 39.6 Å². The van der Waals surface area contributed by atoms with Gasteiger partial charge in [-0.05, 0) is 45.0 Å². The van der Waals surface area contributed by atoms with Gasteiger partial charge in [-0.15, -0.1) is 0 Å². The van der Waals surface area contributed by atoms with Gasteiger partial charge >= 0.3 is 5.97 Å². The van der Waals surface area contributed by atoms with Crippen molar-refractivity contribution in [3.05, 3.63) is 34.2 Å². The smallest absolute Gasteiger partial charge is 0.333 e. The lowest BCUT2D eigenvalue weighted by molar-refractivity contribution is -0.143. The number of sulfonamides is 1. The van der Waals surface area contributed by atoms with E-state index in [9.17, 15) is 18.0 Å². The van der Waals surface area contributed by atoms with E-state index in [4.69, 9.17) is 9.57 Å². The van der Waals surface area contributed by atoms with Crippen molar-refractivity contribution in [2.24, 2.45) is 7.05 Å². The third kappa shape index (κ3) is 8.11. The van der Waals surface area contributed by atoms with E-state index in [1.165, 1.54) is 45.1 Å². The van der Waals surface area contributed by atoms with Gasteiger partial charge in [-0.2, -0.15) is 19.1 Å². The van der Waals surface area contributed by atoms with Gasteiger partial charge in [0.1, 0.15) is 11.3 Å². The maximum atomic E-state index is 13.7. The van der Waals surface area contributed by atoms with Crippen LogP contribution in [0.1, 0.15) is 84.3 Å². The summed E-state index contributed by atoms with van der Waals surface area (Å²) in [5, 5.41) is 4.56. The number of nitrogens with zero attached hydrogens (tertiary/aromatic N) is 6. The van der Waals surface area contributed by atoms with E-state index in [1.54, 1.807) is 13.1 Å². The van der Waals surface area contributed by atoms with Crippen molar-refractivity contribution in [2.75, 3.05) is 39.8 Å². The van der Waals surface area contributed by atoms with Gasteiger partial charge in [0.2, 0.25) is 10.0 Å². The summed E-state index contributed by atoms with van der Waals surface area (Å²) in [6.07, 6.45) is 8.84. The first-order valence-electron chi connectivity index (χ1n) is 16.3. The summed E-state index contributed by atoms with van der Waals surface area (Å²) in [6.45, 7) is 8.25. The van der Waals surface area contributed by atoms with Crippen LogP contribution in [-0.4, -0.2) is 82.9 Å². The Morgan fingerprint density at radius 1 is 0.911 bits per heavy atom. The Bertz CT molecular complexity index is 1620. The van der Waals surface area contributed by atoms with Crippen molar-refractivity contribution in [1.82, 2.24) is 28.7 Å². The SMILES string of the molecule is CCCCCCCCCC(=O)On1c(-c2cc(S(=O)(=O)N3CCN(C)CC3)ccc2OCC)nc(=O)c2c1c(CCC)nn2C. The van der Waals surface area contributed by atoms with Crippen molar-refractivity contribution in [3.63, 3.8) is 0 Å². The first-order chi connectivity index (χ1) is 21.6. The van der Waals surface area contributed by atoms with E-state index in [0.29, 0.717) is 56.0 Å². The van der Waals surface area contributed by atoms with Gasteiger partial charge in [-0.3, -0.25) is 9.48 Å². The van der Waals surface area contributed by atoms with E-state index in [-0.39, 0.29) is 34.8 Å². The van der Waals surface area contributed by atoms with Crippen molar-refractivity contribution in [2.45, 2.75) is 89.9 Å². The molecule has 12 nitrogen and oxygen atoms in total. The fourth-order valence-electron chi connectivity index (χ4n) is 5.66. The summed E-state index contributed by atoms with van der Waals surface area (Å²) < 4.78 is 37.6. The number of aromatic nitrogens is 4. The van der Waals surface area contributed by atoms with Gasteiger partial charge in [0.05, 0.1) is 22.8 Å². The second kappa shape index (κ2) is 15.8. The second-order valence-electron chi connectivity index (χ2n) is 11.7. The van der Waals surface area contributed by atoms with E-state index < -0.39 is 21.6 Å². The van der Waals surface area contributed by atoms with Crippen LogP contribution in [0.5, 0.6) is 5.75 Å². The quantitative estimate of drug-likeness (QED) is 0.211. The molecule has 13 heteroatoms. The zero-order chi connectivity index (χ0) is 32.6. The Balaban J connectivity index is 1.79. The molecular weight excluding hydrogens is 596 g/mol. The van der Waals surface area contributed by atoms with E-state index in [2.05, 4.69) is 21.9 Å². The Hall–Kier alpha value is -3.29. The van der Waals surface area contributed by atoms with Crippen LogP contribution in [0.15, 0.2) is 27.9 Å². The average Bonchev–Trinajstić information content (AvgIpc) is 3.34. The highest BCUT2D eigenvalue weighted by molar-refractivity contribution is 7.89. The summed E-state index contributed by atoms with van der Waals surface area (Å²) >= 11 is 0. The van der Waals surface area contributed by atoms with Gasteiger partial charge in [0.25, 0.3) is 5.56 Å². The molecule has 0 unspecified atom stereocenters. The van der Waals surface area contributed by atoms with Crippen LogP contribution in [0.3, 0.4) is 0 Å². The molecule has 3 aromatic rings. The molecule has 0 radical (unpaired) electrons. The van der Waals surface area contributed by atoms with Gasteiger partial charge in [-0.1, -0.05) is 58.8 Å². The maximum Gasteiger partial charge on any atom is 0.333 e. The minimum atomic E-state index is -3.86. The first-order valence-corrected chi connectivity index (χ1v) is 17.7. The molecule has 0 N–H and O–H groups in total. The van der Waals surface area contributed by atoms with Crippen molar-refractivity contribution in [3.8, 4) is 17.1 Å². The number of carbonyl (C=O) groups excluding carboxylic acids is 1. The zero-order valence-corrected chi connectivity index (χ0v) is 28.2. The summed E-state index contributed by atoms with van der Waals surface area (Å²) in [4.78, 5) is 39.3. The predicted molar refractivity (Wildman–Crippen MR) is 174 cm³/mol. The zero-order valence-electron chi connectivity index (χ0n) is 27.4. The molecule has 0 spiro atoms. The first kappa shape index (κ1) is 34.6. The van der Waals surface area contributed by atoms with Crippen molar-refractivity contribution in [1.29, 1.82) is 0 Å². The molecule has 2 aromatic heterocycles. The monoisotopic (exact) mass is 644 g/mol. The van der Waals surface area contributed by atoms with E-state index in [1.807, 2.05) is 20.9 Å². The molecule has 45 heavy (non-hydrogen) atoms. The minimum absolute atomic E-state index is 0.00959. The van der Waals surface area contributed by atoms with Crippen LogP contribution >= 0.6 is 0 Å². The van der Waals surface area contributed by atoms with E-state index >= 15 is 0 Å². The Labute approximate surface area is 266 Å². The van der Waals surface area contributed by atoms with Crippen LogP contribution in [-0.2, 0) is 28.3 Å². The number of aryl methyl sites for hydroxylation is 2. The van der Waals surface area contributed by atoms with Crippen LogP contribution in [0.25, 0.3) is 22.4 Å². The third-order valence-electron chi connectivity index (χ3n) is 8.15. The predicted octanol–water partition coefficient (Wildman–Crippen LogP) is 4.18. The lowest BCUT2D eigenvalue weighted by Crippen LogP contribution is -2.47. The molecule has 0 aliphatic carbocycles. The van der Waals surface area contributed by atoms with Crippen LogP contribution in [0, 0.1) is 0 Å². The Morgan fingerprint density at radius 3 is 2.27 bits per heavy atom. The number of fused-ring (bicyclic) bond motifs is 1. The van der Waals surface area contributed by atoms with E-state index in [0.717, 1.165) is 25.7 Å². The third-order valence-corrected chi connectivity index (χ3v) is 10.0. The molecule has 1 aliphatic heterocycles. The molecule has 0 bridgehead atoms. The number of unbranched alkanes of at least 4 members (excludes halogenated alkanes) is 6. The number of hydrogen-bond acceptors (Lipinski definition) is 9. The average molecular weight is 645 g/mol. The number of ether oxygens (including phenoxy) is 1. The van der Waals surface area contributed by atoms with Gasteiger partial charge in [0.15, 0.2) is 11.3 Å². The summed E-state index contributed by atoms with van der Waals surface area (Å²) in [6, 6.07) is 4.53. The van der Waals surface area contributed by atoms with Crippen molar-refractivity contribution < 1.29 is 22.8 Å². The molecule has 248 valence electrons. The standard InChI is InChI=1S/C32H48N6O6S/c1-6-9-10-11-12-13-14-16-28(39)44-38-29-26(15-7-2)34-36(5)30(29)32(40)33-31(38)25-23-24(17-18-27(25)43-8-3)45(41,42)37-21-19-35(4)20-22-37/h17-18,23H,6-16,19-22H2,1-5H3. The number of carbonyl (C=O) groups is 1. The molecule has 0 amide bonds. The Morgan fingerprint density at radius 2 is 1.60 bits per heavy atom.